The van der Waals surface area contributed by atoms with E-state index in [0.29, 0.717) is 17.8 Å². The number of nitrogens with two attached hydrogens (primary N) is 2. The zero-order valence-electron chi connectivity index (χ0n) is 15.8. The van der Waals surface area contributed by atoms with E-state index in [1.54, 1.807) is 12.1 Å². The van der Waals surface area contributed by atoms with E-state index >= 15 is 0 Å². The fourth-order valence-corrected chi connectivity index (χ4v) is 3.04. The van der Waals surface area contributed by atoms with Gasteiger partial charge in [0, 0.05) is 12.0 Å². The third kappa shape index (κ3) is 4.58. The quantitative estimate of drug-likeness (QED) is 0.635. The Bertz CT molecular complexity index is 975. The zero-order chi connectivity index (χ0) is 19.4. The van der Waals surface area contributed by atoms with Gasteiger partial charge in [0.2, 0.25) is 5.95 Å². The summed E-state index contributed by atoms with van der Waals surface area (Å²) in [6.45, 7) is 2.02. The van der Waals surface area contributed by atoms with Crippen molar-refractivity contribution in [3.63, 3.8) is 0 Å². The molecule has 0 spiro atoms. The number of halogens is 1. The minimum Gasteiger partial charge on any atom is -0.465 e. The molecule has 0 aliphatic rings. The van der Waals surface area contributed by atoms with Gasteiger partial charge in [-0.05, 0) is 35.2 Å². The lowest BCUT2D eigenvalue weighted by Crippen LogP contribution is -2.09. The summed E-state index contributed by atoms with van der Waals surface area (Å²) >= 11 is 0. The first-order valence-electron chi connectivity index (χ1n) is 8.70. The number of carbonyl (C=O) groups excluding carboxylic acids is 1. The predicted octanol–water partition coefficient (Wildman–Crippen LogP) is 3.67. The number of benzene rings is 2. The van der Waals surface area contributed by atoms with Crippen LogP contribution in [0.4, 0.5) is 11.8 Å². The van der Waals surface area contributed by atoms with Crippen LogP contribution in [0, 0.1) is 0 Å². The normalized spacial score (nSPS) is 10.2. The van der Waals surface area contributed by atoms with Crippen molar-refractivity contribution in [2.45, 2.75) is 19.8 Å². The van der Waals surface area contributed by atoms with Crippen molar-refractivity contribution in [2.75, 3.05) is 18.6 Å². The molecule has 1 heterocycles. The highest BCUT2D eigenvalue weighted by atomic mass is 35.5. The molecule has 0 aliphatic heterocycles. The number of esters is 1. The summed E-state index contributed by atoms with van der Waals surface area (Å²) < 4.78 is 4.74. The van der Waals surface area contributed by atoms with Gasteiger partial charge in [0.15, 0.2) is 0 Å². The van der Waals surface area contributed by atoms with Crippen LogP contribution in [0.15, 0.2) is 48.5 Å². The highest BCUT2D eigenvalue weighted by Gasteiger charge is 2.12. The molecular formula is C21H23ClN4O2. The Balaban J connectivity index is 0.00000280. The smallest absolute Gasteiger partial charge is 0.337 e. The number of hydrogen-bond acceptors (Lipinski definition) is 6. The van der Waals surface area contributed by atoms with Crippen molar-refractivity contribution in [3.8, 4) is 11.1 Å². The highest BCUT2D eigenvalue weighted by molar-refractivity contribution is 5.90. The van der Waals surface area contributed by atoms with Gasteiger partial charge in [-0.3, -0.25) is 0 Å². The van der Waals surface area contributed by atoms with Crippen molar-refractivity contribution in [1.29, 1.82) is 0 Å². The largest absolute Gasteiger partial charge is 0.465 e. The second-order valence-corrected chi connectivity index (χ2v) is 6.19. The Morgan fingerprint density at radius 2 is 1.75 bits per heavy atom. The summed E-state index contributed by atoms with van der Waals surface area (Å²) in [7, 11) is 1.37. The van der Waals surface area contributed by atoms with Gasteiger partial charge in [-0.1, -0.05) is 43.3 Å². The van der Waals surface area contributed by atoms with Crippen LogP contribution < -0.4 is 11.5 Å². The first-order valence-corrected chi connectivity index (χ1v) is 8.70. The number of hydrogen-bond donors (Lipinski definition) is 2. The standard InChI is InChI=1S/C21H22N4O2.ClH/c1-3-18-17(19(22)25-21(23)24-18)12-13-5-4-6-16(11-13)14-7-9-15(10-8-14)20(26)27-2;/h4-11H,3,12H2,1-2H3,(H4,22,23,24,25);1H. The van der Waals surface area contributed by atoms with Crippen molar-refractivity contribution >= 4 is 30.1 Å². The maximum absolute atomic E-state index is 11.6. The summed E-state index contributed by atoms with van der Waals surface area (Å²) in [5.74, 6) is 0.279. The maximum Gasteiger partial charge on any atom is 0.337 e. The number of ether oxygens (including phenoxy) is 1. The molecule has 0 fully saturated rings. The third-order valence-corrected chi connectivity index (χ3v) is 4.42. The number of methoxy groups -OCH3 is 1. The van der Waals surface area contributed by atoms with E-state index in [1.165, 1.54) is 7.11 Å². The molecule has 0 saturated carbocycles. The van der Waals surface area contributed by atoms with Crippen LogP contribution >= 0.6 is 12.4 Å². The van der Waals surface area contributed by atoms with Gasteiger partial charge in [-0.15, -0.1) is 12.4 Å². The molecule has 0 atom stereocenters. The first kappa shape index (κ1) is 21.2. The molecule has 2 aromatic carbocycles. The van der Waals surface area contributed by atoms with E-state index in [2.05, 4.69) is 16.0 Å². The minimum absolute atomic E-state index is 0. The molecule has 3 aromatic rings. The van der Waals surface area contributed by atoms with Crippen LogP contribution in [0.1, 0.15) is 34.1 Å². The molecule has 146 valence electrons. The number of aromatic nitrogens is 2. The van der Waals surface area contributed by atoms with Crippen LogP contribution in [0.3, 0.4) is 0 Å². The molecule has 4 N–H and O–H groups in total. The first-order chi connectivity index (χ1) is 13.0. The summed E-state index contributed by atoms with van der Waals surface area (Å²) in [6.07, 6.45) is 1.37. The topological polar surface area (TPSA) is 104 Å². The van der Waals surface area contributed by atoms with Crippen LogP contribution in [0.25, 0.3) is 11.1 Å². The van der Waals surface area contributed by atoms with Crippen molar-refractivity contribution in [1.82, 2.24) is 9.97 Å². The summed E-state index contributed by atoms with van der Waals surface area (Å²) in [6, 6.07) is 15.5. The van der Waals surface area contributed by atoms with E-state index in [1.807, 2.05) is 37.3 Å². The van der Waals surface area contributed by atoms with Gasteiger partial charge in [0.25, 0.3) is 0 Å². The van der Waals surface area contributed by atoms with Gasteiger partial charge >= 0.3 is 5.97 Å². The van der Waals surface area contributed by atoms with Crippen molar-refractivity contribution in [3.05, 3.63) is 70.9 Å². The zero-order valence-corrected chi connectivity index (χ0v) is 16.6. The number of aryl methyl sites for hydroxylation is 1. The van der Waals surface area contributed by atoms with Crippen LogP contribution in [0.2, 0.25) is 0 Å². The van der Waals surface area contributed by atoms with Crippen molar-refractivity contribution < 1.29 is 9.53 Å². The molecule has 0 amide bonds. The molecule has 0 aliphatic carbocycles. The summed E-state index contributed by atoms with van der Waals surface area (Å²) in [5, 5.41) is 0. The number of carbonyl (C=O) groups is 1. The van der Waals surface area contributed by atoms with Gasteiger partial charge < -0.3 is 16.2 Å². The molecule has 0 radical (unpaired) electrons. The van der Waals surface area contributed by atoms with Gasteiger partial charge in [-0.25, -0.2) is 9.78 Å². The highest BCUT2D eigenvalue weighted by Crippen LogP contribution is 2.25. The minimum atomic E-state index is -0.346. The van der Waals surface area contributed by atoms with E-state index < -0.39 is 0 Å². The Morgan fingerprint density at radius 1 is 1.04 bits per heavy atom. The van der Waals surface area contributed by atoms with E-state index in [4.69, 9.17) is 16.2 Å². The Morgan fingerprint density at radius 3 is 2.39 bits per heavy atom. The lowest BCUT2D eigenvalue weighted by atomic mass is 9.97. The average molecular weight is 399 g/mol. The second-order valence-electron chi connectivity index (χ2n) is 6.19. The van der Waals surface area contributed by atoms with E-state index in [0.717, 1.165) is 34.4 Å². The lowest BCUT2D eigenvalue weighted by molar-refractivity contribution is 0.0601. The monoisotopic (exact) mass is 398 g/mol. The van der Waals surface area contributed by atoms with Gasteiger partial charge in [0.1, 0.15) is 5.82 Å². The predicted molar refractivity (Wildman–Crippen MR) is 114 cm³/mol. The lowest BCUT2D eigenvalue weighted by Gasteiger charge is -2.12. The molecule has 1 aromatic heterocycles. The molecule has 3 rings (SSSR count). The van der Waals surface area contributed by atoms with Gasteiger partial charge in [-0.2, -0.15) is 4.98 Å². The fourth-order valence-electron chi connectivity index (χ4n) is 3.04. The molecule has 6 nitrogen and oxygen atoms in total. The van der Waals surface area contributed by atoms with E-state index in [-0.39, 0.29) is 24.3 Å². The SMILES string of the molecule is CCc1nc(N)nc(N)c1Cc1cccc(-c2ccc(C(=O)OC)cc2)c1.Cl. The number of rotatable bonds is 5. The van der Waals surface area contributed by atoms with Gasteiger partial charge in [0.05, 0.1) is 18.4 Å². The van der Waals surface area contributed by atoms with E-state index in [9.17, 15) is 4.79 Å². The molecule has 0 bridgehead atoms. The maximum atomic E-state index is 11.6. The number of nitrogen functional groups attached to an aromatic ring is 2. The van der Waals surface area contributed by atoms with Crippen LogP contribution in [0.5, 0.6) is 0 Å². The van der Waals surface area contributed by atoms with Crippen molar-refractivity contribution in [2.24, 2.45) is 0 Å². The Hall–Kier alpha value is -3.12. The molecule has 28 heavy (non-hydrogen) atoms. The Kier molecular flexibility index (Phi) is 6.95. The second kappa shape index (κ2) is 9.19. The number of anilines is 2. The third-order valence-electron chi connectivity index (χ3n) is 4.42. The number of nitrogens with zero attached hydrogens (tertiary/aromatic N) is 2. The fraction of sp³-hybridized carbons (Fsp3) is 0.190. The molecule has 0 unspecified atom stereocenters. The average Bonchev–Trinajstić information content (AvgIpc) is 2.69. The summed E-state index contributed by atoms with van der Waals surface area (Å²) in [5.41, 5.74) is 17.2. The Labute approximate surface area is 170 Å². The summed E-state index contributed by atoms with van der Waals surface area (Å²) in [4.78, 5) is 20.0. The molecular weight excluding hydrogens is 376 g/mol. The molecule has 0 saturated heterocycles. The van der Waals surface area contributed by atoms with Crippen LogP contribution in [-0.4, -0.2) is 23.0 Å². The molecule has 7 heteroatoms. The van der Waals surface area contributed by atoms with Crippen LogP contribution in [-0.2, 0) is 17.6 Å².